The van der Waals surface area contributed by atoms with Crippen molar-refractivity contribution in [3.8, 4) is 5.75 Å². The molecule has 0 unspecified atom stereocenters. The lowest BCUT2D eigenvalue weighted by Crippen LogP contribution is -2.24. The number of aromatic nitrogens is 1. The average molecular weight is 340 g/mol. The highest BCUT2D eigenvalue weighted by molar-refractivity contribution is 7.09. The number of benzene rings is 1. The molecule has 22 heavy (non-hydrogen) atoms. The van der Waals surface area contributed by atoms with E-state index in [9.17, 15) is 14.7 Å². The molecule has 0 atom stereocenters. The van der Waals surface area contributed by atoms with Crippen LogP contribution in [0.5, 0.6) is 5.75 Å². The number of methoxy groups -OCH3 is 1. The van der Waals surface area contributed by atoms with E-state index in [1.165, 1.54) is 18.4 Å². The van der Waals surface area contributed by atoms with Crippen molar-refractivity contribution < 1.29 is 19.4 Å². The molecular weight excluding hydrogens is 328 g/mol. The Balaban J connectivity index is 1.96. The fourth-order valence-electron chi connectivity index (χ4n) is 1.75. The van der Waals surface area contributed by atoms with E-state index < -0.39 is 5.97 Å². The second kappa shape index (κ2) is 7.24. The zero-order chi connectivity index (χ0) is 16.1. The number of thiazole rings is 1. The number of hydrogen-bond donors (Lipinski definition) is 1. The zero-order valence-corrected chi connectivity index (χ0v) is 13.2. The number of anilines is 1. The number of aliphatic carboxylic acids is 1. The van der Waals surface area contributed by atoms with Gasteiger partial charge in [-0.3, -0.25) is 4.79 Å². The summed E-state index contributed by atoms with van der Waals surface area (Å²) < 4.78 is 5.03. The predicted octanol–water partition coefficient (Wildman–Crippen LogP) is 1.28. The van der Waals surface area contributed by atoms with Gasteiger partial charge in [0.25, 0.3) is 0 Å². The van der Waals surface area contributed by atoms with E-state index in [1.807, 2.05) is 0 Å². The van der Waals surface area contributed by atoms with Crippen LogP contribution in [0.25, 0.3) is 0 Å². The lowest BCUT2D eigenvalue weighted by Gasteiger charge is -2.07. The van der Waals surface area contributed by atoms with Crippen molar-refractivity contribution in [2.45, 2.75) is 12.8 Å². The Kier molecular flexibility index (Phi) is 5.35. The SMILES string of the molecule is COc1ccc(NC(=O)Cc2nc(CC(=O)[O-])cs2)cc1Cl. The molecule has 0 spiro atoms. The van der Waals surface area contributed by atoms with E-state index in [4.69, 9.17) is 16.3 Å². The number of carbonyl (C=O) groups is 2. The number of carboxylic acid groups (broad SMARTS) is 1. The van der Waals surface area contributed by atoms with Crippen molar-refractivity contribution in [2.75, 3.05) is 12.4 Å². The first kappa shape index (κ1) is 16.3. The van der Waals surface area contributed by atoms with Gasteiger partial charge in [0.1, 0.15) is 10.8 Å². The van der Waals surface area contributed by atoms with Crippen molar-refractivity contribution in [2.24, 2.45) is 0 Å². The number of ether oxygens (including phenoxy) is 1. The van der Waals surface area contributed by atoms with Gasteiger partial charge in [-0.15, -0.1) is 11.3 Å². The zero-order valence-electron chi connectivity index (χ0n) is 11.6. The molecule has 0 aliphatic carbocycles. The summed E-state index contributed by atoms with van der Waals surface area (Å²) in [7, 11) is 1.51. The molecule has 0 aliphatic rings. The van der Waals surface area contributed by atoms with Crippen LogP contribution in [0.2, 0.25) is 5.02 Å². The van der Waals surface area contributed by atoms with E-state index in [0.29, 0.717) is 27.2 Å². The Morgan fingerprint density at radius 2 is 2.18 bits per heavy atom. The predicted molar refractivity (Wildman–Crippen MR) is 81.2 cm³/mol. The summed E-state index contributed by atoms with van der Waals surface area (Å²) in [4.78, 5) is 26.5. The Morgan fingerprint density at radius 1 is 1.41 bits per heavy atom. The van der Waals surface area contributed by atoms with Gasteiger partial charge < -0.3 is 20.0 Å². The third kappa shape index (κ3) is 4.44. The van der Waals surface area contributed by atoms with Crippen molar-refractivity contribution in [3.63, 3.8) is 0 Å². The van der Waals surface area contributed by atoms with Gasteiger partial charge >= 0.3 is 0 Å². The van der Waals surface area contributed by atoms with E-state index in [1.54, 1.807) is 23.6 Å². The molecule has 0 aliphatic heterocycles. The molecule has 1 aromatic carbocycles. The highest BCUT2D eigenvalue weighted by Crippen LogP contribution is 2.27. The lowest BCUT2D eigenvalue weighted by molar-refractivity contribution is -0.304. The van der Waals surface area contributed by atoms with Gasteiger partial charge in [0.2, 0.25) is 5.91 Å². The highest BCUT2D eigenvalue weighted by atomic mass is 35.5. The topological polar surface area (TPSA) is 91.3 Å². The maximum absolute atomic E-state index is 11.9. The minimum Gasteiger partial charge on any atom is -0.550 e. The van der Waals surface area contributed by atoms with E-state index in [0.717, 1.165) is 0 Å². The number of nitrogens with one attached hydrogen (secondary N) is 1. The first-order valence-electron chi connectivity index (χ1n) is 6.24. The van der Waals surface area contributed by atoms with E-state index in [2.05, 4.69) is 10.3 Å². The molecule has 1 N–H and O–H groups in total. The molecule has 1 aromatic heterocycles. The molecule has 6 nitrogen and oxygen atoms in total. The fraction of sp³-hybridized carbons (Fsp3) is 0.214. The van der Waals surface area contributed by atoms with Crippen LogP contribution < -0.4 is 15.2 Å². The van der Waals surface area contributed by atoms with Gasteiger partial charge in [0.15, 0.2) is 0 Å². The average Bonchev–Trinajstić information content (AvgIpc) is 2.85. The summed E-state index contributed by atoms with van der Waals surface area (Å²) in [5.74, 6) is -0.948. The Bertz CT molecular complexity index is 702. The lowest BCUT2D eigenvalue weighted by atomic mass is 10.3. The molecule has 1 amide bonds. The molecular formula is C14H12ClN2O4S-. The summed E-state index contributed by atoms with van der Waals surface area (Å²) in [6.07, 6.45) is -0.201. The van der Waals surface area contributed by atoms with Crippen LogP contribution in [0.1, 0.15) is 10.7 Å². The molecule has 0 bridgehead atoms. The van der Waals surface area contributed by atoms with Crippen molar-refractivity contribution >= 4 is 40.5 Å². The van der Waals surface area contributed by atoms with E-state index >= 15 is 0 Å². The summed E-state index contributed by atoms with van der Waals surface area (Å²) in [6.45, 7) is 0. The molecule has 0 fully saturated rings. The Labute approximate surface area is 135 Å². The number of halogens is 1. The van der Waals surface area contributed by atoms with Gasteiger partial charge in [0.05, 0.1) is 24.2 Å². The quantitative estimate of drug-likeness (QED) is 0.856. The van der Waals surface area contributed by atoms with Crippen LogP contribution in [0.4, 0.5) is 5.69 Å². The highest BCUT2D eigenvalue weighted by Gasteiger charge is 2.10. The first-order chi connectivity index (χ1) is 10.5. The van der Waals surface area contributed by atoms with Gasteiger partial charge in [-0.25, -0.2) is 4.98 Å². The number of carboxylic acids is 1. The Hall–Kier alpha value is -2.12. The van der Waals surface area contributed by atoms with Crippen LogP contribution in [0.3, 0.4) is 0 Å². The number of hydrogen-bond acceptors (Lipinski definition) is 6. The summed E-state index contributed by atoms with van der Waals surface area (Å²) in [6, 6.07) is 4.91. The maximum atomic E-state index is 11.9. The van der Waals surface area contributed by atoms with Crippen LogP contribution >= 0.6 is 22.9 Å². The van der Waals surface area contributed by atoms with Crippen LogP contribution in [0, 0.1) is 0 Å². The van der Waals surface area contributed by atoms with Crippen LogP contribution in [-0.2, 0) is 22.4 Å². The second-order valence-electron chi connectivity index (χ2n) is 4.36. The molecule has 0 radical (unpaired) electrons. The number of rotatable bonds is 6. The molecule has 8 heteroatoms. The number of nitrogens with zero attached hydrogens (tertiary/aromatic N) is 1. The first-order valence-corrected chi connectivity index (χ1v) is 7.50. The molecule has 1 heterocycles. The molecule has 116 valence electrons. The molecule has 0 saturated carbocycles. The minimum atomic E-state index is -1.20. The fourth-order valence-corrected chi connectivity index (χ4v) is 2.80. The summed E-state index contributed by atoms with van der Waals surface area (Å²) in [5, 5.41) is 15.7. The number of amides is 1. The maximum Gasteiger partial charge on any atom is 0.231 e. The molecule has 2 rings (SSSR count). The molecule has 2 aromatic rings. The summed E-state index contributed by atoms with van der Waals surface area (Å²) in [5.41, 5.74) is 0.933. The minimum absolute atomic E-state index is 0.0569. The van der Waals surface area contributed by atoms with Gasteiger partial charge in [-0.05, 0) is 18.2 Å². The summed E-state index contributed by atoms with van der Waals surface area (Å²) >= 11 is 7.21. The van der Waals surface area contributed by atoms with Crippen molar-refractivity contribution in [1.29, 1.82) is 0 Å². The smallest absolute Gasteiger partial charge is 0.231 e. The van der Waals surface area contributed by atoms with Gasteiger partial charge in [-0.2, -0.15) is 0 Å². The second-order valence-corrected chi connectivity index (χ2v) is 5.71. The van der Waals surface area contributed by atoms with Gasteiger partial charge in [-0.1, -0.05) is 11.6 Å². The van der Waals surface area contributed by atoms with Crippen molar-refractivity contribution in [1.82, 2.24) is 4.98 Å². The van der Waals surface area contributed by atoms with E-state index in [-0.39, 0.29) is 18.7 Å². The molecule has 0 saturated heterocycles. The third-order valence-electron chi connectivity index (χ3n) is 2.67. The number of carbonyl (C=O) groups excluding carboxylic acids is 2. The van der Waals surface area contributed by atoms with Crippen molar-refractivity contribution in [3.05, 3.63) is 39.3 Å². The monoisotopic (exact) mass is 339 g/mol. The normalized spacial score (nSPS) is 10.3. The van der Waals surface area contributed by atoms with Crippen LogP contribution in [0.15, 0.2) is 23.6 Å². The largest absolute Gasteiger partial charge is 0.550 e. The standard InChI is InChI=1S/C14H13ClN2O4S/c1-21-11-3-2-8(4-10(11)15)16-12(18)6-13-17-9(7-22-13)5-14(19)20/h2-4,7H,5-6H2,1H3,(H,16,18)(H,19,20)/p-1. The Morgan fingerprint density at radius 3 is 2.82 bits per heavy atom. The van der Waals surface area contributed by atoms with Gasteiger partial charge in [0, 0.05) is 23.5 Å². The third-order valence-corrected chi connectivity index (χ3v) is 3.87. The van der Waals surface area contributed by atoms with Crippen LogP contribution in [-0.4, -0.2) is 24.0 Å².